The molecule has 1 saturated heterocycles. The summed E-state index contributed by atoms with van der Waals surface area (Å²) in [6.45, 7) is 8.33. The van der Waals surface area contributed by atoms with Gasteiger partial charge in [0.2, 0.25) is 5.91 Å². The van der Waals surface area contributed by atoms with Gasteiger partial charge in [-0.3, -0.25) is 4.79 Å². The van der Waals surface area contributed by atoms with Crippen LogP contribution in [0.25, 0.3) is 0 Å². The van der Waals surface area contributed by atoms with Gasteiger partial charge in [0.1, 0.15) is 0 Å². The van der Waals surface area contributed by atoms with Gasteiger partial charge in [0.15, 0.2) is 11.5 Å². The van der Waals surface area contributed by atoms with Crippen LogP contribution in [-0.4, -0.2) is 33.2 Å². The van der Waals surface area contributed by atoms with Crippen LogP contribution in [-0.2, 0) is 10.2 Å². The van der Waals surface area contributed by atoms with Gasteiger partial charge in [0.05, 0.1) is 19.6 Å². The first kappa shape index (κ1) is 21.0. The second kappa shape index (κ2) is 8.76. The highest BCUT2D eigenvalue weighted by atomic mass is 16.5. The second-order valence-corrected chi connectivity index (χ2v) is 8.37. The predicted octanol–water partition coefficient (Wildman–Crippen LogP) is 4.86. The number of benzene rings is 2. The third kappa shape index (κ3) is 4.66. The van der Waals surface area contributed by atoms with Gasteiger partial charge in [0.25, 0.3) is 0 Å². The molecule has 1 heterocycles. The molecule has 5 heteroatoms. The molecule has 2 aromatic rings. The number of ether oxygens (including phenoxy) is 2. The molecule has 1 N–H and O–H groups in total. The van der Waals surface area contributed by atoms with Gasteiger partial charge < -0.3 is 19.7 Å². The predicted molar refractivity (Wildman–Crippen MR) is 118 cm³/mol. The molecule has 0 radical (unpaired) electrons. The molecule has 29 heavy (non-hydrogen) atoms. The minimum Gasteiger partial charge on any atom is -0.493 e. The zero-order valence-electron chi connectivity index (χ0n) is 18.1. The maximum atomic E-state index is 13.0. The minimum atomic E-state index is -0.721. The topological polar surface area (TPSA) is 50.8 Å². The Morgan fingerprint density at radius 2 is 1.62 bits per heavy atom. The van der Waals surface area contributed by atoms with Crippen molar-refractivity contribution in [3.63, 3.8) is 0 Å². The summed E-state index contributed by atoms with van der Waals surface area (Å²) in [5.74, 6) is 2.01. The van der Waals surface area contributed by atoms with Crippen molar-refractivity contribution in [3.05, 3.63) is 48.0 Å². The lowest BCUT2D eigenvalue weighted by Crippen LogP contribution is -2.35. The first-order valence-corrected chi connectivity index (χ1v) is 10.2. The zero-order valence-corrected chi connectivity index (χ0v) is 18.1. The molecule has 0 spiro atoms. The van der Waals surface area contributed by atoms with Crippen LogP contribution in [0.4, 0.5) is 11.4 Å². The van der Waals surface area contributed by atoms with Gasteiger partial charge in [-0.2, -0.15) is 0 Å². The molecule has 1 aliphatic heterocycles. The monoisotopic (exact) mass is 396 g/mol. The molecule has 0 saturated carbocycles. The molecule has 3 rings (SSSR count). The molecule has 1 fully saturated rings. The maximum absolute atomic E-state index is 13.0. The van der Waals surface area contributed by atoms with Crippen molar-refractivity contribution in [3.8, 4) is 11.5 Å². The summed E-state index contributed by atoms with van der Waals surface area (Å²) in [5.41, 5.74) is 2.17. The standard InChI is InChI=1S/C24H32N2O3/c1-17-12-14-26(15-13-17)20-9-7-19(8-10-20)25-23(27)24(2,3)18-6-11-21(28-4)22(16-18)29-5/h6-11,16-17H,12-15H2,1-5H3,(H,25,27). The van der Waals surface area contributed by atoms with Crippen molar-refractivity contribution in [2.24, 2.45) is 5.92 Å². The van der Waals surface area contributed by atoms with Crippen molar-refractivity contribution in [2.75, 3.05) is 37.5 Å². The first-order valence-electron chi connectivity index (χ1n) is 10.2. The Kier molecular flexibility index (Phi) is 6.36. The molecule has 0 aromatic heterocycles. The number of anilines is 2. The fourth-order valence-electron chi connectivity index (χ4n) is 3.67. The Morgan fingerprint density at radius 1 is 1.00 bits per heavy atom. The van der Waals surface area contributed by atoms with Gasteiger partial charge in [-0.1, -0.05) is 13.0 Å². The lowest BCUT2D eigenvalue weighted by Gasteiger charge is -2.32. The number of hydrogen-bond donors (Lipinski definition) is 1. The average molecular weight is 397 g/mol. The quantitative estimate of drug-likeness (QED) is 0.758. The Labute approximate surface area is 174 Å². The average Bonchev–Trinajstić information content (AvgIpc) is 2.74. The number of amides is 1. The second-order valence-electron chi connectivity index (χ2n) is 8.37. The molecule has 0 aliphatic carbocycles. The summed E-state index contributed by atoms with van der Waals surface area (Å²) in [4.78, 5) is 15.4. The van der Waals surface area contributed by atoms with Gasteiger partial charge in [-0.15, -0.1) is 0 Å². The highest BCUT2D eigenvalue weighted by Crippen LogP contribution is 2.34. The van der Waals surface area contributed by atoms with Crippen LogP contribution < -0.4 is 19.7 Å². The number of carbonyl (C=O) groups is 1. The summed E-state index contributed by atoms with van der Waals surface area (Å²) >= 11 is 0. The first-order chi connectivity index (χ1) is 13.8. The number of methoxy groups -OCH3 is 2. The summed E-state index contributed by atoms with van der Waals surface area (Å²) < 4.78 is 10.7. The zero-order chi connectivity index (χ0) is 21.0. The van der Waals surface area contributed by atoms with Crippen molar-refractivity contribution in [1.29, 1.82) is 0 Å². The number of nitrogens with one attached hydrogen (secondary N) is 1. The number of carbonyl (C=O) groups excluding carboxylic acids is 1. The van der Waals surface area contributed by atoms with Crippen LogP contribution in [0.1, 0.15) is 39.2 Å². The Balaban J connectivity index is 1.70. The van der Waals surface area contributed by atoms with E-state index in [-0.39, 0.29) is 5.91 Å². The van der Waals surface area contributed by atoms with E-state index in [2.05, 4.69) is 29.3 Å². The van der Waals surface area contributed by atoms with E-state index in [0.29, 0.717) is 11.5 Å². The van der Waals surface area contributed by atoms with E-state index in [4.69, 9.17) is 9.47 Å². The molecular weight excluding hydrogens is 364 g/mol. The molecule has 1 aliphatic rings. The molecule has 5 nitrogen and oxygen atoms in total. The highest BCUT2D eigenvalue weighted by Gasteiger charge is 2.31. The van der Waals surface area contributed by atoms with E-state index >= 15 is 0 Å². The third-order valence-corrected chi connectivity index (χ3v) is 5.95. The smallest absolute Gasteiger partial charge is 0.234 e. The lowest BCUT2D eigenvalue weighted by molar-refractivity contribution is -0.120. The van der Waals surface area contributed by atoms with Gasteiger partial charge in [-0.05, 0) is 74.6 Å². The number of hydrogen-bond acceptors (Lipinski definition) is 4. The van der Waals surface area contributed by atoms with Crippen LogP contribution in [0.3, 0.4) is 0 Å². The third-order valence-electron chi connectivity index (χ3n) is 5.95. The lowest BCUT2D eigenvalue weighted by atomic mass is 9.83. The summed E-state index contributed by atoms with van der Waals surface area (Å²) in [7, 11) is 3.20. The fraction of sp³-hybridized carbons (Fsp3) is 0.458. The SMILES string of the molecule is COc1ccc(C(C)(C)C(=O)Nc2ccc(N3CCC(C)CC3)cc2)cc1OC. The summed E-state index contributed by atoms with van der Waals surface area (Å²) in [6.07, 6.45) is 2.47. The fourth-order valence-corrected chi connectivity index (χ4v) is 3.67. The summed E-state index contributed by atoms with van der Waals surface area (Å²) in [6, 6.07) is 13.7. The van der Waals surface area contributed by atoms with E-state index in [9.17, 15) is 4.79 Å². The number of nitrogens with zero attached hydrogens (tertiary/aromatic N) is 1. The van der Waals surface area contributed by atoms with E-state index in [1.165, 1.54) is 18.5 Å². The number of rotatable bonds is 6. The van der Waals surface area contributed by atoms with Crippen LogP contribution in [0.15, 0.2) is 42.5 Å². The number of piperidine rings is 1. The van der Waals surface area contributed by atoms with Crippen LogP contribution in [0, 0.1) is 5.92 Å². The maximum Gasteiger partial charge on any atom is 0.234 e. The van der Waals surface area contributed by atoms with Crippen LogP contribution in [0.2, 0.25) is 0 Å². The Hall–Kier alpha value is -2.69. The normalized spacial score (nSPS) is 15.1. The van der Waals surface area contributed by atoms with Crippen LogP contribution >= 0.6 is 0 Å². The molecule has 0 bridgehead atoms. The molecule has 0 unspecified atom stereocenters. The van der Waals surface area contributed by atoms with Gasteiger partial charge in [-0.25, -0.2) is 0 Å². The van der Waals surface area contributed by atoms with Gasteiger partial charge >= 0.3 is 0 Å². The summed E-state index contributed by atoms with van der Waals surface area (Å²) in [5, 5.41) is 3.05. The molecule has 0 atom stereocenters. The van der Waals surface area contributed by atoms with Gasteiger partial charge in [0, 0.05) is 24.5 Å². The van der Waals surface area contributed by atoms with Crippen LogP contribution in [0.5, 0.6) is 11.5 Å². The van der Waals surface area contributed by atoms with E-state index in [1.807, 2.05) is 44.2 Å². The van der Waals surface area contributed by atoms with E-state index in [1.54, 1.807) is 14.2 Å². The Morgan fingerprint density at radius 3 is 2.21 bits per heavy atom. The minimum absolute atomic E-state index is 0.0655. The largest absolute Gasteiger partial charge is 0.493 e. The van der Waals surface area contributed by atoms with Crippen molar-refractivity contribution in [1.82, 2.24) is 0 Å². The molecular formula is C24H32N2O3. The molecule has 1 amide bonds. The van der Waals surface area contributed by atoms with Crippen molar-refractivity contribution in [2.45, 2.75) is 39.0 Å². The van der Waals surface area contributed by atoms with E-state index < -0.39 is 5.41 Å². The van der Waals surface area contributed by atoms with Crippen molar-refractivity contribution < 1.29 is 14.3 Å². The highest BCUT2D eigenvalue weighted by molar-refractivity contribution is 5.98. The Bertz CT molecular complexity index is 838. The molecule has 2 aromatic carbocycles. The molecule has 156 valence electrons. The van der Waals surface area contributed by atoms with Crippen molar-refractivity contribution >= 4 is 17.3 Å². The van der Waals surface area contributed by atoms with E-state index in [0.717, 1.165) is 30.3 Å².